The van der Waals surface area contributed by atoms with Crippen molar-refractivity contribution < 1.29 is 14.3 Å². The zero-order valence-electron chi connectivity index (χ0n) is 12.8. The molecule has 2 amide bonds. The van der Waals surface area contributed by atoms with Gasteiger partial charge in [0.05, 0.1) is 12.1 Å². The molecule has 3 aromatic rings. The highest BCUT2D eigenvalue weighted by Crippen LogP contribution is 2.37. The van der Waals surface area contributed by atoms with Gasteiger partial charge in [-0.25, -0.2) is 0 Å². The number of halogens is 1. The monoisotopic (exact) mass is 364 g/mol. The second-order valence-electron chi connectivity index (χ2n) is 4.95. The largest absolute Gasteiger partial charge is 0.497 e. The fourth-order valence-corrected chi connectivity index (χ4v) is 3.53. The number of thiophene rings is 1. The van der Waals surface area contributed by atoms with Crippen LogP contribution in [0.4, 0.5) is 0 Å². The number of carbonyl (C=O) groups excluding carboxylic acids is 2. The molecular weight excluding hydrogens is 352 g/mol. The maximum atomic E-state index is 12.3. The van der Waals surface area contributed by atoms with E-state index in [1.54, 1.807) is 38.3 Å². The molecule has 0 saturated heterocycles. The number of benzene rings is 1. The molecule has 0 unspecified atom stereocenters. The van der Waals surface area contributed by atoms with E-state index in [2.05, 4.69) is 21.0 Å². The summed E-state index contributed by atoms with van der Waals surface area (Å²) in [6.07, 6.45) is 0. The number of aryl methyl sites for hydroxylation is 1. The predicted molar refractivity (Wildman–Crippen MR) is 91.6 cm³/mol. The van der Waals surface area contributed by atoms with Crippen LogP contribution in [0.2, 0.25) is 5.02 Å². The molecule has 0 aliphatic carbocycles. The maximum Gasteiger partial charge on any atom is 0.290 e. The van der Waals surface area contributed by atoms with Crippen molar-refractivity contribution in [1.29, 1.82) is 0 Å². The number of rotatable bonds is 3. The number of nitrogens with one attached hydrogen (secondary N) is 3. The molecule has 0 spiro atoms. The first-order valence-electron chi connectivity index (χ1n) is 6.88. The molecule has 0 aliphatic heterocycles. The number of aromatic nitrogens is 2. The Morgan fingerprint density at radius 3 is 2.67 bits per heavy atom. The van der Waals surface area contributed by atoms with Crippen LogP contribution in [-0.2, 0) is 0 Å². The lowest BCUT2D eigenvalue weighted by molar-refractivity contribution is 0.0846. The number of ether oxygens (including phenoxy) is 1. The van der Waals surface area contributed by atoms with Crippen molar-refractivity contribution in [2.75, 3.05) is 7.11 Å². The molecule has 0 fully saturated rings. The topological polar surface area (TPSA) is 96.1 Å². The maximum absolute atomic E-state index is 12.3. The van der Waals surface area contributed by atoms with Gasteiger partial charge in [0.15, 0.2) is 5.69 Å². The van der Waals surface area contributed by atoms with Crippen molar-refractivity contribution in [3.05, 3.63) is 45.6 Å². The minimum Gasteiger partial charge on any atom is -0.497 e. The van der Waals surface area contributed by atoms with Crippen molar-refractivity contribution in [1.82, 2.24) is 21.0 Å². The van der Waals surface area contributed by atoms with Crippen molar-refractivity contribution >= 4 is 44.8 Å². The number of aromatic amines is 1. The summed E-state index contributed by atoms with van der Waals surface area (Å²) in [5.74, 6) is -0.345. The lowest BCUT2D eigenvalue weighted by atomic mass is 10.2. The second kappa shape index (κ2) is 6.50. The van der Waals surface area contributed by atoms with Gasteiger partial charge in [-0.3, -0.25) is 25.5 Å². The molecule has 0 bridgehead atoms. The highest BCUT2D eigenvalue weighted by Gasteiger charge is 2.18. The lowest BCUT2D eigenvalue weighted by Gasteiger charge is -2.04. The number of H-pyrrole nitrogens is 1. The Morgan fingerprint density at radius 1 is 1.25 bits per heavy atom. The Hall–Kier alpha value is -2.58. The average molecular weight is 365 g/mol. The number of hydrazine groups is 1. The summed E-state index contributed by atoms with van der Waals surface area (Å²) in [6, 6.07) is 6.92. The molecule has 3 N–H and O–H groups in total. The molecular formula is C15H13ClN4O3S. The molecule has 124 valence electrons. The number of methoxy groups -OCH3 is 1. The summed E-state index contributed by atoms with van der Waals surface area (Å²) >= 11 is 7.48. The summed E-state index contributed by atoms with van der Waals surface area (Å²) < 4.78 is 5.98. The second-order valence-corrected chi connectivity index (χ2v) is 6.38. The Balaban J connectivity index is 1.76. The van der Waals surface area contributed by atoms with Gasteiger partial charge in [0.1, 0.15) is 10.6 Å². The molecule has 0 atom stereocenters. The third kappa shape index (κ3) is 3.06. The van der Waals surface area contributed by atoms with Crippen LogP contribution >= 0.6 is 22.9 Å². The van der Waals surface area contributed by atoms with E-state index in [1.807, 2.05) is 0 Å². The zero-order chi connectivity index (χ0) is 17.3. The molecule has 0 radical (unpaired) electrons. The van der Waals surface area contributed by atoms with Gasteiger partial charge in [0.2, 0.25) is 0 Å². The first kappa shape index (κ1) is 16.3. The summed E-state index contributed by atoms with van der Waals surface area (Å²) in [6.45, 7) is 1.77. The van der Waals surface area contributed by atoms with Gasteiger partial charge in [0, 0.05) is 15.8 Å². The lowest BCUT2D eigenvalue weighted by Crippen LogP contribution is -2.41. The van der Waals surface area contributed by atoms with Crippen LogP contribution in [0.1, 0.15) is 25.9 Å². The molecule has 9 heteroatoms. The van der Waals surface area contributed by atoms with Gasteiger partial charge >= 0.3 is 0 Å². The third-order valence-corrected chi connectivity index (χ3v) is 4.93. The van der Waals surface area contributed by atoms with E-state index in [4.69, 9.17) is 16.3 Å². The molecule has 0 saturated carbocycles. The van der Waals surface area contributed by atoms with Crippen LogP contribution in [0.15, 0.2) is 24.3 Å². The van der Waals surface area contributed by atoms with Crippen LogP contribution < -0.4 is 15.6 Å². The van der Waals surface area contributed by atoms with Crippen molar-refractivity contribution in [2.45, 2.75) is 6.92 Å². The number of amides is 2. The van der Waals surface area contributed by atoms with E-state index in [0.29, 0.717) is 15.6 Å². The van der Waals surface area contributed by atoms with Crippen LogP contribution in [0.3, 0.4) is 0 Å². The van der Waals surface area contributed by atoms with Gasteiger partial charge in [0.25, 0.3) is 11.8 Å². The highest BCUT2D eigenvalue weighted by molar-refractivity contribution is 7.21. The van der Waals surface area contributed by atoms with E-state index >= 15 is 0 Å². The van der Waals surface area contributed by atoms with E-state index < -0.39 is 11.8 Å². The van der Waals surface area contributed by atoms with Crippen LogP contribution in [0.25, 0.3) is 10.1 Å². The van der Waals surface area contributed by atoms with Gasteiger partial charge < -0.3 is 4.74 Å². The number of hydrogen-bond acceptors (Lipinski definition) is 5. The number of carbonyl (C=O) groups is 2. The normalized spacial score (nSPS) is 10.6. The molecule has 0 aliphatic rings. The molecule has 3 rings (SSSR count). The highest BCUT2D eigenvalue weighted by atomic mass is 35.5. The number of fused-ring (bicyclic) bond motifs is 1. The molecule has 1 aromatic carbocycles. The first-order chi connectivity index (χ1) is 11.5. The van der Waals surface area contributed by atoms with Crippen LogP contribution in [0.5, 0.6) is 5.75 Å². The van der Waals surface area contributed by atoms with Crippen molar-refractivity contribution in [2.24, 2.45) is 0 Å². The van der Waals surface area contributed by atoms with Crippen molar-refractivity contribution in [3.8, 4) is 5.75 Å². The van der Waals surface area contributed by atoms with Crippen molar-refractivity contribution in [3.63, 3.8) is 0 Å². The quantitative estimate of drug-likeness (QED) is 0.622. The summed E-state index contributed by atoms with van der Waals surface area (Å²) in [7, 11) is 1.57. The van der Waals surface area contributed by atoms with Crippen LogP contribution in [0, 0.1) is 6.92 Å². The zero-order valence-corrected chi connectivity index (χ0v) is 14.3. The third-order valence-electron chi connectivity index (χ3n) is 3.27. The Labute approximate surface area is 145 Å². The van der Waals surface area contributed by atoms with Gasteiger partial charge in [-0.15, -0.1) is 11.3 Å². The minimum atomic E-state index is -0.522. The average Bonchev–Trinajstić information content (AvgIpc) is 3.16. The van der Waals surface area contributed by atoms with E-state index in [9.17, 15) is 9.59 Å². The summed E-state index contributed by atoms with van der Waals surface area (Å²) in [5, 5.41) is 7.55. The SMILES string of the molecule is COc1ccc2c(Cl)c(C(=O)NNC(=O)c3cc(C)[nH]n3)sc2c1. The minimum absolute atomic E-state index is 0.181. The number of hydrogen-bond donors (Lipinski definition) is 3. The summed E-state index contributed by atoms with van der Waals surface area (Å²) in [5.41, 5.74) is 5.57. The fraction of sp³-hybridized carbons (Fsp3) is 0.133. The molecule has 2 heterocycles. The standard InChI is InChI=1S/C15H13ClN4O3S/c1-7-5-10(18-17-7)14(21)19-20-15(22)13-12(16)9-4-3-8(23-2)6-11(9)24-13/h3-6H,1-2H3,(H,17,18)(H,19,21)(H,20,22). The van der Waals surface area contributed by atoms with E-state index in [0.717, 1.165) is 15.8 Å². The summed E-state index contributed by atoms with van der Waals surface area (Å²) in [4.78, 5) is 24.5. The smallest absolute Gasteiger partial charge is 0.290 e. The van der Waals surface area contributed by atoms with Gasteiger partial charge in [-0.1, -0.05) is 11.6 Å². The van der Waals surface area contributed by atoms with Gasteiger partial charge in [-0.05, 0) is 31.2 Å². The Morgan fingerprint density at radius 2 is 2.00 bits per heavy atom. The van der Waals surface area contributed by atoms with E-state index in [1.165, 1.54) is 11.3 Å². The van der Waals surface area contributed by atoms with E-state index in [-0.39, 0.29) is 5.69 Å². The molecule has 7 nitrogen and oxygen atoms in total. The predicted octanol–water partition coefficient (Wildman–Crippen LogP) is 2.67. The molecule has 24 heavy (non-hydrogen) atoms. The number of nitrogens with zero attached hydrogens (tertiary/aromatic N) is 1. The Bertz CT molecular complexity index is 934. The Kier molecular flexibility index (Phi) is 4.41. The van der Waals surface area contributed by atoms with Gasteiger partial charge in [-0.2, -0.15) is 5.10 Å². The first-order valence-corrected chi connectivity index (χ1v) is 8.07. The fourth-order valence-electron chi connectivity index (χ4n) is 2.09. The molecule has 2 aromatic heterocycles. The van der Waals surface area contributed by atoms with Crippen LogP contribution in [-0.4, -0.2) is 29.1 Å².